The summed E-state index contributed by atoms with van der Waals surface area (Å²) in [7, 11) is 0. The molecule has 0 spiro atoms. The maximum atomic E-state index is 5.94. The third-order valence-corrected chi connectivity index (χ3v) is 4.31. The van der Waals surface area contributed by atoms with Gasteiger partial charge in [0.2, 0.25) is 0 Å². The number of hydrogen-bond acceptors (Lipinski definition) is 2. The van der Waals surface area contributed by atoms with Crippen LogP contribution in [0.4, 0.5) is 0 Å². The van der Waals surface area contributed by atoms with Crippen LogP contribution in [-0.4, -0.2) is 16.1 Å². The summed E-state index contributed by atoms with van der Waals surface area (Å²) in [5.41, 5.74) is 3.57. The zero-order chi connectivity index (χ0) is 15.5. The van der Waals surface area contributed by atoms with Gasteiger partial charge in [-0.2, -0.15) is 0 Å². The number of aryl methyl sites for hydroxylation is 2. The number of aromatic nitrogens is 2. The lowest BCUT2D eigenvalue weighted by Crippen LogP contribution is -2.37. The molecule has 2 rings (SSSR count). The molecule has 1 heterocycles. The van der Waals surface area contributed by atoms with Gasteiger partial charge in [0.1, 0.15) is 0 Å². The molecule has 0 aliphatic heterocycles. The van der Waals surface area contributed by atoms with Crippen LogP contribution in [0.1, 0.15) is 37.2 Å². The van der Waals surface area contributed by atoms with E-state index >= 15 is 0 Å². The van der Waals surface area contributed by atoms with Crippen LogP contribution in [0, 0.1) is 13.8 Å². The lowest BCUT2D eigenvalue weighted by Gasteiger charge is -2.27. The molecule has 2 aromatic rings. The number of halogens is 1. The van der Waals surface area contributed by atoms with Crippen molar-refractivity contribution in [2.24, 2.45) is 0 Å². The minimum Gasteiger partial charge on any atom is -0.335 e. The van der Waals surface area contributed by atoms with Crippen LogP contribution in [-0.2, 0) is 12.1 Å². The average Bonchev–Trinajstić information content (AvgIpc) is 2.76. The zero-order valence-electron chi connectivity index (χ0n) is 13.3. The van der Waals surface area contributed by atoms with Gasteiger partial charge in [0.25, 0.3) is 0 Å². The van der Waals surface area contributed by atoms with Gasteiger partial charge in [-0.05, 0) is 58.4 Å². The molecular weight excluding hydrogens is 282 g/mol. The molecule has 0 bridgehead atoms. The summed E-state index contributed by atoms with van der Waals surface area (Å²) in [6, 6.07) is 8.05. The highest BCUT2D eigenvalue weighted by Crippen LogP contribution is 2.21. The van der Waals surface area contributed by atoms with Crippen molar-refractivity contribution in [3.63, 3.8) is 0 Å². The topological polar surface area (TPSA) is 29.9 Å². The molecule has 1 N–H and O–H groups in total. The number of nitrogens with zero attached hydrogens (tertiary/aromatic N) is 2. The minimum atomic E-state index is -0.0511. The largest absolute Gasteiger partial charge is 0.335 e. The summed E-state index contributed by atoms with van der Waals surface area (Å²) < 4.78 is 2.21. The van der Waals surface area contributed by atoms with E-state index in [1.54, 1.807) is 0 Å². The molecule has 1 aromatic carbocycles. The Balaban J connectivity index is 1.84. The van der Waals surface area contributed by atoms with Gasteiger partial charge < -0.3 is 9.88 Å². The fraction of sp³-hybridized carbons (Fsp3) is 0.471. The van der Waals surface area contributed by atoms with Gasteiger partial charge >= 0.3 is 0 Å². The second-order valence-corrected chi connectivity index (χ2v) is 6.46. The third-order valence-electron chi connectivity index (χ3n) is 4.05. The van der Waals surface area contributed by atoms with Crippen LogP contribution in [0.2, 0.25) is 5.02 Å². The van der Waals surface area contributed by atoms with Crippen molar-refractivity contribution in [1.82, 2.24) is 14.9 Å². The first-order valence-electron chi connectivity index (χ1n) is 7.39. The van der Waals surface area contributed by atoms with Gasteiger partial charge in [-0.1, -0.05) is 23.7 Å². The molecule has 0 amide bonds. The van der Waals surface area contributed by atoms with Crippen LogP contribution in [0.5, 0.6) is 0 Å². The van der Waals surface area contributed by atoms with Crippen LogP contribution in [0.3, 0.4) is 0 Å². The molecule has 0 unspecified atom stereocenters. The molecular formula is C17H24ClN3. The van der Waals surface area contributed by atoms with Crippen LogP contribution in [0.15, 0.2) is 30.6 Å². The summed E-state index contributed by atoms with van der Waals surface area (Å²) >= 11 is 5.94. The summed E-state index contributed by atoms with van der Waals surface area (Å²) in [5, 5.41) is 4.39. The smallest absolute Gasteiger partial charge is 0.0951 e. The highest BCUT2D eigenvalue weighted by molar-refractivity contribution is 6.30. The van der Waals surface area contributed by atoms with Crippen molar-refractivity contribution in [3.05, 3.63) is 52.6 Å². The Morgan fingerprint density at radius 1 is 1.19 bits per heavy atom. The molecule has 0 radical (unpaired) electrons. The van der Waals surface area contributed by atoms with Gasteiger partial charge in [0.05, 0.1) is 12.0 Å². The monoisotopic (exact) mass is 305 g/mol. The first-order valence-corrected chi connectivity index (χ1v) is 7.77. The van der Waals surface area contributed by atoms with Crippen molar-refractivity contribution < 1.29 is 0 Å². The van der Waals surface area contributed by atoms with Crippen LogP contribution >= 0.6 is 11.6 Å². The van der Waals surface area contributed by atoms with E-state index in [1.165, 1.54) is 11.3 Å². The van der Waals surface area contributed by atoms with Gasteiger partial charge in [-0.15, -0.1) is 0 Å². The molecule has 0 aliphatic rings. The fourth-order valence-electron chi connectivity index (χ4n) is 2.39. The van der Waals surface area contributed by atoms with E-state index in [0.29, 0.717) is 0 Å². The van der Waals surface area contributed by atoms with E-state index in [1.807, 2.05) is 25.4 Å². The standard InChI is InChI=1S/C17H24ClN3/c1-13-14(2)21(12-19-13)11-5-10-20-17(3,4)15-6-8-16(18)9-7-15/h6-9,12,20H,5,10-11H2,1-4H3. The molecule has 0 saturated carbocycles. The van der Waals surface area contributed by atoms with Crippen molar-refractivity contribution in [1.29, 1.82) is 0 Å². The van der Waals surface area contributed by atoms with Crippen molar-refractivity contribution >= 4 is 11.6 Å². The molecule has 4 heteroatoms. The number of rotatable bonds is 6. The van der Waals surface area contributed by atoms with Gasteiger partial charge in [0.15, 0.2) is 0 Å². The highest BCUT2D eigenvalue weighted by atomic mass is 35.5. The molecule has 0 fully saturated rings. The predicted octanol–water partition coefficient (Wildman–Crippen LogP) is 4.07. The second kappa shape index (κ2) is 6.63. The molecule has 114 valence electrons. The summed E-state index contributed by atoms with van der Waals surface area (Å²) in [6.45, 7) is 10.5. The van der Waals surface area contributed by atoms with E-state index in [9.17, 15) is 0 Å². The number of imidazole rings is 1. The highest BCUT2D eigenvalue weighted by Gasteiger charge is 2.18. The molecule has 0 aliphatic carbocycles. The first kappa shape index (κ1) is 16.1. The molecule has 0 atom stereocenters. The Kier molecular flexibility index (Phi) is 5.07. The van der Waals surface area contributed by atoms with E-state index in [4.69, 9.17) is 11.6 Å². The molecule has 21 heavy (non-hydrogen) atoms. The Labute approximate surface area is 132 Å². The average molecular weight is 306 g/mol. The molecule has 1 aromatic heterocycles. The third kappa shape index (κ3) is 4.08. The van der Waals surface area contributed by atoms with Crippen LogP contribution < -0.4 is 5.32 Å². The summed E-state index contributed by atoms with van der Waals surface area (Å²) in [4.78, 5) is 4.33. The lowest BCUT2D eigenvalue weighted by molar-refractivity contribution is 0.392. The Hall–Kier alpha value is -1.32. The van der Waals surface area contributed by atoms with E-state index in [0.717, 1.165) is 30.2 Å². The second-order valence-electron chi connectivity index (χ2n) is 6.02. The number of benzene rings is 1. The predicted molar refractivity (Wildman–Crippen MR) is 88.8 cm³/mol. The quantitative estimate of drug-likeness (QED) is 0.815. The molecule has 0 saturated heterocycles. The minimum absolute atomic E-state index is 0.0511. The van der Waals surface area contributed by atoms with Crippen molar-refractivity contribution in [2.75, 3.05) is 6.54 Å². The summed E-state index contributed by atoms with van der Waals surface area (Å²) in [6.07, 6.45) is 3.00. The molecule has 3 nitrogen and oxygen atoms in total. The first-order chi connectivity index (χ1) is 9.90. The normalized spacial score (nSPS) is 11.9. The Morgan fingerprint density at radius 3 is 2.43 bits per heavy atom. The van der Waals surface area contributed by atoms with Gasteiger partial charge in [0, 0.05) is 22.8 Å². The van der Waals surface area contributed by atoms with E-state index in [2.05, 4.69) is 47.8 Å². The maximum Gasteiger partial charge on any atom is 0.0951 e. The Morgan fingerprint density at radius 2 is 1.86 bits per heavy atom. The zero-order valence-corrected chi connectivity index (χ0v) is 14.0. The number of hydrogen-bond donors (Lipinski definition) is 1. The van der Waals surface area contributed by atoms with Crippen molar-refractivity contribution in [2.45, 2.75) is 46.2 Å². The SMILES string of the molecule is Cc1ncn(CCCNC(C)(C)c2ccc(Cl)cc2)c1C. The maximum absolute atomic E-state index is 5.94. The van der Waals surface area contributed by atoms with Gasteiger partial charge in [-0.25, -0.2) is 4.98 Å². The Bertz CT molecular complexity index is 585. The van der Waals surface area contributed by atoms with E-state index in [-0.39, 0.29) is 5.54 Å². The fourth-order valence-corrected chi connectivity index (χ4v) is 2.51. The van der Waals surface area contributed by atoms with Crippen molar-refractivity contribution in [3.8, 4) is 0 Å². The van der Waals surface area contributed by atoms with Crippen LogP contribution in [0.25, 0.3) is 0 Å². The number of nitrogens with one attached hydrogen (secondary N) is 1. The van der Waals surface area contributed by atoms with Gasteiger partial charge in [-0.3, -0.25) is 0 Å². The van der Waals surface area contributed by atoms with E-state index < -0.39 is 0 Å². The summed E-state index contributed by atoms with van der Waals surface area (Å²) in [5.74, 6) is 0. The lowest BCUT2D eigenvalue weighted by atomic mass is 9.94.